The van der Waals surface area contributed by atoms with Gasteiger partial charge in [0, 0.05) is 76.3 Å². The highest BCUT2D eigenvalue weighted by Crippen LogP contribution is 2.37. The van der Waals surface area contributed by atoms with Gasteiger partial charge in [-0.25, -0.2) is 0 Å². The van der Waals surface area contributed by atoms with E-state index in [1.54, 1.807) is 24.3 Å². The number of nitrogens with one attached hydrogen (secondary N) is 1. The second-order valence-electron chi connectivity index (χ2n) is 14.8. The molecule has 1 N–H and O–H groups in total. The molecule has 1 atom stereocenters. The van der Waals surface area contributed by atoms with E-state index in [0.29, 0.717) is 30.3 Å². The molecule has 14 heteroatoms. The number of carbonyl (C=O) groups excluding carboxylic acids is 4. The Bertz CT molecular complexity index is 2000. The average Bonchev–Trinajstić information content (AvgIpc) is 3.44. The van der Waals surface area contributed by atoms with Crippen molar-refractivity contribution in [2.75, 3.05) is 74.1 Å². The summed E-state index contributed by atoms with van der Waals surface area (Å²) in [6.07, 6.45) is -0.594. The number of nitrogens with zero attached hydrogens (tertiary/aromatic N) is 6. The summed E-state index contributed by atoms with van der Waals surface area (Å²) >= 11 is 0. The predicted octanol–water partition coefficient (Wildman–Crippen LogP) is 5.40. The lowest BCUT2D eigenvalue weighted by Crippen LogP contribution is -2.54. The highest BCUT2D eigenvalue weighted by atomic mass is 19.4. The SMILES string of the molecule is CN(CCCCN1CCN(c2ccc3c(c2)C(=O)N(C2CCC(=O)NC2=O)C3=O)CC1)c1ccc(C2CCN(c3ccc(C#N)c(C(F)(F)F)c3)CC2)cc1. The molecule has 1 unspecified atom stereocenters. The van der Waals surface area contributed by atoms with Gasteiger partial charge >= 0.3 is 6.18 Å². The number of hydrogen-bond donors (Lipinski definition) is 1. The van der Waals surface area contributed by atoms with Gasteiger partial charge in [0.05, 0.1) is 28.3 Å². The topological polar surface area (TPSA) is 120 Å². The van der Waals surface area contributed by atoms with Crippen molar-refractivity contribution < 1.29 is 32.3 Å². The third kappa shape index (κ3) is 8.03. The standard InChI is InChI=1S/C41H44F3N7O4/c1-47(30-7-4-27(5-8-30)28-14-18-49(19-15-28)32-9-6-29(26-45)35(25-32)41(42,43)44)16-2-3-17-48-20-22-50(23-21-48)31-10-11-33-34(24-31)40(55)51(39(33)54)36-12-13-37(52)46-38(36)53/h4-11,24-25,28,36H,2-3,12-23H2,1H3,(H,46,52,53). The van der Waals surface area contributed by atoms with Crippen LogP contribution in [0.2, 0.25) is 0 Å². The zero-order chi connectivity index (χ0) is 38.9. The van der Waals surface area contributed by atoms with Gasteiger partial charge in [-0.15, -0.1) is 0 Å². The number of imide groups is 2. The molecule has 0 aromatic heterocycles. The normalized spacial score (nSPS) is 19.8. The molecule has 4 amide bonds. The fraction of sp³-hybridized carbons (Fsp3) is 0.439. The first-order valence-electron chi connectivity index (χ1n) is 18.9. The van der Waals surface area contributed by atoms with Crippen molar-refractivity contribution in [3.8, 4) is 6.07 Å². The number of hydrogen-bond acceptors (Lipinski definition) is 9. The van der Waals surface area contributed by atoms with Crippen LogP contribution in [-0.4, -0.2) is 98.9 Å². The molecule has 11 nitrogen and oxygen atoms in total. The van der Waals surface area contributed by atoms with Crippen LogP contribution < -0.4 is 20.0 Å². The highest BCUT2D eigenvalue weighted by Gasteiger charge is 2.45. The van der Waals surface area contributed by atoms with E-state index in [1.165, 1.54) is 11.6 Å². The Balaban J connectivity index is 0.828. The zero-order valence-electron chi connectivity index (χ0n) is 30.8. The molecule has 55 heavy (non-hydrogen) atoms. The first-order chi connectivity index (χ1) is 26.4. The Labute approximate surface area is 318 Å². The van der Waals surface area contributed by atoms with E-state index >= 15 is 0 Å². The number of piperazine rings is 1. The number of amides is 4. The Kier molecular flexibility index (Phi) is 10.8. The fourth-order valence-corrected chi connectivity index (χ4v) is 8.23. The molecule has 3 saturated heterocycles. The van der Waals surface area contributed by atoms with E-state index < -0.39 is 41.4 Å². The fourth-order valence-electron chi connectivity index (χ4n) is 8.23. The smallest absolute Gasteiger partial charge is 0.375 e. The number of anilines is 3. The number of halogens is 3. The van der Waals surface area contributed by atoms with Crippen molar-refractivity contribution >= 4 is 40.7 Å². The lowest BCUT2D eigenvalue weighted by Gasteiger charge is -2.36. The minimum absolute atomic E-state index is 0.0846. The maximum absolute atomic E-state index is 13.5. The molecule has 4 heterocycles. The molecule has 0 spiro atoms. The van der Waals surface area contributed by atoms with Crippen molar-refractivity contribution in [3.05, 3.63) is 88.5 Å². The third-order valence-electron chi connectivity index (χ3n) is 11.5. The second kappa shape index (κ2) is 15.7. The predicted molar refractivity (Wildman–Crippen MR) is 201 cm³/mol. The molecule has 7 rings (SSSR count). The van der Waals surface area contributed by atoms with Crippen LogP contribution in [0.3, 0.4) is 0 Å². The van der Waals surface area contributed by atoms with Gasteiger partial charge in [-0.1, -0.05) is 12.1 Å². The second-order valence-corrected chi connectivity index (χ2v) is 14.8. The number of piperidine rings is 2. The van der Waals surface area contributed by atoms with Crippen LogP contribution in [0.25, 0.3) is 0 Å². The lowest BCUT2D eigenvalue weighted by molar-refractivity contribution is -0.138. The van der Waals surface area contributed by atoms with E-state index in [-0.39, 0.29) is 24.0 Å². The first-order valence-corrected chi connectivity index (χ1v) is 18.9. The summed E-state index contributed by atoms with van der Waals surface area (Å²) < 4.78 is 40.4. The van der Waals surface area contributed by atoms with E-state index in [9.17, 15) is 32.3 Å². The summed E-state index contributed by atoms with van der Waals surface area (Å²) in [6.45, 7) is 6.53. The van der Waals surface area contributed by atoms with Crippen LogP contribution in [0.4, 0.5) is 30.2 Å². The molecule has 4 aliphatic rings. The van der Waals surface area contributed by atoms with Crippen LogP contribution in [0.5, 0.6) is 0 Å². The molecule has 0 aliphatic carbocycles. The van der Waals surface area contributed by atoms with Crippen LogP contribution in [0, 0.1) is 11.3 Å². The van der Waals surface area contributed by atoms with Crippen molar-refractivity contribution in [2.45, 2.75) is 56.7 Å². The molecule has 288 valence electrons. The number of unbranched alkanes of at least 4 members (excludes halogenated alkanes) is 1. The van der Waals surface area contributed by atoms with Gasteiger partial charge in [-0.2, -0.15) is 18.4 Å². The maximum atomic E-state index is 13.5. The van der Waals surface area contributed by atoms with E-state index in [1.807, 2.05) is 11.0 Å². The summed E-state index contributed by atoms with van der Waals surface area (Å²) in [6, 6.07) is 18.5. The van der Waals surface area contributed by atoms with E-state index in [0.717, 1.165) is 87.3 Å². The Morgan fingerprint density at radius 2 is 1.45 bits per heavy atom. The first kappa shape index (κ1) is 37.9. The summed E-state index contributed by atoms with van der Waals surface area (Å²) in [4.78, 5) is 60.2. The molecule has 0 saturated carbocycles. The molecular formula is C41H44F3N7O4. The van der Waals surface area contributed by atoms with Crippen molar-refractivity contribution in [3.63, 3.8) is 0 Å². The number of benzene rings is 3. The van der Waals surface area contributed by atoms with Crippen LogP contribution in [0.15, 0.2) is 60.7 Å². The summed E-state index contributed by atoms with van der Waals surface area (Å²) in [5.41, 5.74) is 3.09. The molecule has 4 aliphatic heterocycles. The van der Waals surface area contributed by atoms with Gasteiger partial charge in [0.2, 0.25) is 11.8 Å². The maximum Gasteiger partial charge on any atom is 0.417 e. The van der Waals surface area contributed by atoms with Crippen molar-refractivity contribution in [2.24, 2.45) is 0 Å². The van der Waals surface area contributed by atoms with Gasteiger partial charge in [0.15, 0.2) is 0 Å². The molecule has 0 radical (unpaired) electrons. The number of carbonyl (C=O) groups is 4. The van der Waals surface area contributed by atoms with Crippen molar-refractivity contribution in [1.82, 2.24) is 15.1 Å². The van der Waals surface area contributed by atoms with Crippen molar-refractivity contribution in [1.29, 1.82) is 5.26 Å². The molecule has 0 bridgehead atoms. The largest absolute Gasteiger partial charge is 0.417 e. The molecule has 3 aromatic rings. The highest BCUT2D eigenvalue weighted by molar-refractivity contribution is 6.23. The Morgan fingerprint density at radius 3 is 2.13 bits per heavy atom. The lowest BCUT2D eigenvalue weighted by atomic mass is 9.89. The minimum atomic E-state index is -4.57. The number of fused-ring (bicyclic) bond motifs is 1. The van der Waals surface area contributed by atoms with Crippen LogP contribution >= 0.6 is 0 Å². The van der Waals surface area contributed by atoms with Gasteiger partial charge in [-0.3, -0.25) is 34.3 Å². The summed E-state index contributed by atoms with van der Waals surface area (Å²) in [7, 11) is 2.10. The zero-order valence-corrected chi connectivity index (χ0v) is 30.8. The molecule has 3 aromatic carbocycles. The van der Waals surface area contributed by atoms with E-state index in [4.69, 9.17) is 5.26 Å². The Morgan fingerprint density at radius 1 is 0.800 bits per heavy atom. The van der Waals surface area contributed by atoms with Gasteiger partial charge in [-0.05, 0) is 98.7 Å². The molecule has 3 fully saturated rings. The van der Waals surface area contributed by atoms with Gasteiger partial charge < -0.3 is 14.7 Å². The monoisotopic (exact) mass is 755 g/mol. The van der Waals surface area contributed by atoms with Gasteiger partial charge in [0.25, 0.3) is 11.8 Å². The van der Waals surface area contributed by atoms with E-state index in [2.05, 4.69) is 51.3 Å². The quantitative estimate of drug-likeness (QED) is 0.214. The number of alkyl halides is 3. The van der Waals surface area contributed by atoms with Crippen LogP contribution in [-0.2, 0) is 15.8 Å². The third-order valence-corrected chi connectivity index (χ3v) is 11.5. The van der Waals surface area contributed by atoms with Gasteiger partial charge in [0.1, 0.15) is 6.04 Å². The Hall–Kier alpha value is -5.42. The van der Waals surface area contributed by atoms with Crippen LogP contribution in [0.1, 0.15) is 81.8 Å². The summed E-state index contributed by atoms with van der Waals surface area (Å²) in [5.74, 6) is -1.68. The minimum Gasteiger partial charge on any atom is -0.375 e. The summed E-state index contributed by atoms with van der Waals surface area (Å²) in [5, 5.41) is 11.3. The number of nitriles is 1. The molecular weight excluding hydrogens is 711 g/mol. The average molecular weight is 756 g/mol. The number of rotatable bonds is 10.